The summed E-state index contributed by atoms with van der Waals surface area (Å²) >= 11 is 0. The zero-order valence-electron chi connectivity index (χ0n) is 11.7. The van der Waals surface area contributed by atoms with E-state index in [1.54, 1.807) is 7.11 Å². The van der Waals surface area contributed by atoms with Crippen LogP contribution in [0.1, 0.15) is 43.9 Å². The topological polar surface area (TPSA) is 21.3 Å². The molecular formula is C15H25NO. The molecule has 0 aliphatic carbocycles. The van der Waals surface area contributed by atoms with E-state index >= 15 is 0 Å². The SMILES string of the molecule is CCC(CC)C(NC)c1ccc(OC)cc1C. The Morgan fingerprint density at radius 3 is 2.29 bits per heavy atom. The molecule has 1 aromatic rings. The van der Waals surface area contributed by atoms with Crippen molar-refractivity contribution in [2.24, 2.45) is 5.92 Å². The van der Waals surface area contributed by atoms with Gasteiger partial charge in [0.05, 0.1) is 7.11 Å². The van der Waals surface area contributed by atoms with E-state index in [-0.39, 0.29) is 0 Å². The first-order valence-corrected chi connectivity index (χ1v) is 6.49. The molecule has 0 amide bonds. The van der Waals surface area contributed by atoms with Crippen LogP contribution in [0.25, 0.3) is 0 Å². The van der Waals surface area contributed by atoms with Crippen LogP contribution in [0.15, 0.2) is 18.2 Å². The lowest BCUT2D eigenvalue weighted by molar-refractivity contribution is 0.357. The molecule has 1 rings (SSSR count). The van der Waals surface area contributed by atoms with Crippen molar-refractivity contribution >= 4 is 0 Å². The summed E-state index contributed by atoms with van der Waals surface area (Å²) in [6.07, 6.45) is 2.40. The van der Waals surface area contributed by atoms with Gasteiger partial charge in [-0.2, -0.15) is 0 Å². The van der Waals surface area contributed by atoms with Crippen LogP contribution in [0.4, 0.5) is 0 Å². The van der Waals surface area contributed by atoms with Crippen molar-refractivity contribution in [1.82, 2.24) is 5.32 Å². The van der Waals surface area contributed by atoms with Gasteiger partial charge in [-0.1, -0.05) is 32.8 Å². The van der Waals surface area contributed by atoms with Crippen LogP contribution in [0.5, 0.6) is 5.75 Å². The number of ether oxygens (including phenoxy) is 1. The van der Waals surface area contributed by atoms with Crippen LogP contribution in [0, 0.1) is 12.8 Å². The number of benzene rings is 1. The summed E-state index contributed by atoms with van der Waals surface area (Å²) in [5, 5.41) is 3.46. The number of nitrogens with one attached hydrogen (secondary N) is 1. The third-order valence-electron chi connectivity index (χ3n) is 3.64. The van der Waals surface area contributed by atoms with Crippen LogP contribution in [-0.4, -0.2) is 14.2 Å². The minimum atomic E-state index is 0.441. The number of hydrogen-bond donors (Lipinski definition) is 1. The molecule has 0 saturated carbocycles. The number of aryl methyl sites for hydroxylation is 1. The number of methoxy groups -OCH3 is 1. The molecule has 0 aliphatic heterocycles. The molecule has 0 spiro atoms. The summed E-state index contributed by atoms with van der Waals surface area (Å²) in [6.45, 7) is 6.68. The second-order valence-electron chi connectivity index (χ2n) is 4.57. The second kappa shape index (κ2) is 6.65. The van der Waals surface area contributed by atoms with Gasteiger partial charge in [0, 0.05) is 6.04 Å². The Bertz CT molecular complexity index is 345. The Morgan fingerprint density at radius 1 is 1.24 bits per heavy atom. The maximum atomic E-state index is 5.26. The van der Waals surface area contributed by atoms with Gasteiger partial charge in [-0.15, -0.1) is 0 Å². The first kappa shape index (κ1) is 14.0. The van der Waals surface area contributed by atoms with Crippen molar-refractivity contribution in [2.75, 3.05) is 14.2 Å². The zero-order valence-corrected chi connectivity index (χ0v) is 11.7. The van der Waals surface area contributed by atoms with E-state index in [1.165, 1.54) is 24.0 Å². The van der Waals surface area contributed by atoms with E-state index in [4.69, 9.17) is 4.74 Å². The molecule has 2 heteroatoms. The number of hydrogen-bond acceptors (Lipinski definition) is 2. The van der Waals surface area contributed by atoms with Gasteiger partial charge in [0.2, 0.25) is 0 Å². The lowest BCUT2D eigenvalue weighted by Gasteiger charge is -2.27. The summed E-state index contributed by atoms with van der Waals surface area (Å²) in [6, 6.07) is 6.79. The normalized spacial score (nSPS) is 12.8. The Hall–Kier alpha value is -1.02. The van der Waals surface area contributed by atoms with Crippen molar-refractivity contribution < 1.29 is 4.74 Å². The van der Waals surface area contributed by atoms with E-state index < -0.39 is 0 Å². The van der Waals surface area contributed by atoms with Crippen LogP contribution >= 0.6 is 0 Å². The molecule has 0 bridgehead atoms. The third-order valence-corrected chi connectivity index (χ3v) is 3.64. The van der Waals surface area contributed by atoms with Crippen molar-refractivity contribution in [3.63, 3.8) is 0 Å². The van der Waals surface area contributed by atoms with Gasteiger partial charge in [-0.3, -0.25) is 0 Å². The van der Waals surface area contributed by atoms with Gasteiger partial charge in [0.25, 0.3) is 0 Å². The van der Waals surface area contributed by atoms with Gasteiger partial charge in [0.15, 0.2) is 0 Å². The van der Waals surface area contributed by atoms with E-state index in [1.807, 2.05) is 7.05 Å². The summed E-state index contributed by atoms with van der Waals surface area (Å²) in [4.78, 5) is 0. The lowest BCUT2D eigenvalue weighted by Crippen LogP contribution is -2.25. The summed E-state index contributed by atoms with van der Waals surface area (Å²) in [5.41, 5.74) is 2.69. The van der Waals surface area contributed by atoms with Crippen LogP contribution in [0.3, 0.4) is 0 Å². The first-order chi connectivity index (χ1) is 8.17. The fourth-order valence-electron chi connectivity index (χ4n) is 2.53. The van der Waals surface area contributed by atoms with Gasteiger partial charge >= 0.3 is 0 Å². The van der Waals surface area contributed by atoms with Crippen LogP contribution in [-0.2, 0) is 0 Å². The smallest absolute Gasteiger partial charge is 0.119 e. The Kier molecular flexibility index (Phi) is 5.49. The van der Waals surface area contributed by atoms with Gasteiger partial charge in [-0.05, 0) is 43.1 Å². The third kappa shape index (κ3) is 3.22. The van der Waals surface area contributed by atoms with E-state index in [9.17, 15) is 0 Å². The predicted molar refractivity (Wildman–Crippen MR) is 73.6 cm³/mol. The summed E-state index contributed by atoms with van der Waals surface area (Å²) in [5.74, 6) is 1.62. The van der Waals surface area contributed by atoms with Crippen molar-refractivity contribution in [1.29, 1.82) is 0 Å². The monoisotopic (exact) mass is 235 g/mol. The zero-order chi connectivity index (χ0) is 12.8. The predicted octanol–water partition coefficient (Wildman–Crippen LogP) is 3.70. The molecular weight excluding hydrogens is 210 g/mol. The minimum Gasteiger partial charge on any atom is -0.497 e. The maximum Gasteiger partial charge on any atom is 0.119 e. The molecule has 0 heterocycles. The minimum absolute atomic E-state index is 0.441. The van der Waals surface area contributed by atoms with E-state index in [0.29, 0.717) is 12.0 Å². The molecule has 2 nitrogen and oxygen atoms in total. The molecule has 1 N–H and O–H groups in total. The molecule has 1 atom stereocenters. The Labute approximate surface area is 105 Å². The summed E-state index contributed by atoms with van der Waals surface area (Å²) < 4.78 is 5.26. The average molecular weight is 235 g/mol. The van der Waals surface area contributed by atoms with Gasteiger partial charge < -0.3 is 10.1 Å². The molecule has 0 aliphatic rings. The first-order valence-electron chi connectivity index (χ1n) is 6.49. The highest BCUT2D eigenvalue weighted by atomic mass is 16.5. The standard InChI is InChI=1S/C15H25NO/c1-6-12(7-2)15(16-4)14-9-8-13(17-5)10-11(14)3/h8-10,12,15-16H,6-7H2,1-5H3. The van der Waals surface area contributed by atoms with Crippen LogP contribution < -0.4 is 10.1 Å². The maximum absolute atomic E-state index is 5.26. The van der Waals surface area contributed by atoms with Crippen molar-refractivity contribution in [3.8, 4) is 5.75 Å². The molecule has 1 aromatic carbocycles. The van der Waals surface area contributed by atoms with Gasteiger partial charge in [-0.25, -0.2) is 0 Å². The molecule has 0 saturated heterocycles. The fraction of sp³-hybridized carbons (Fsp3) is 0.600. The molecule has 17 heavy (non-hydrogen) atoms. The lowest BCUT2D eigenvalue weighted by atomic mass is 9.87. The van der Waals surface area contributed by atoms with Crippen molar-refractivity contribution in [3.05, 3.63) is 29.3 Å². The highest BCUT2D eigenvalue weighted by Gasteiger charge is 2.20. The molecule has 0 fully saturated rings. The average Bonchev–Trinajstić information content (AvgIpc) is 2.36. The van der Waals surface area contributed by atoms with Crippen LogP contribution in [0.2, 0.25) is 0 Å². The van der Waals surface area contributed by atoms with E-state index in [0.717, 1.165) is 5.75 Å². The molecule has 0 radical (unpaired) electrons. The second-order valence-corrected chi connectivity index (χ2v) is 4.57. The molecule has 1 unspecified atom stereocenters. The molecule has 0 aromatic heterocycles. The highest BCUT2D eigenvalue weighted by Crippen LogP contribution is 2.30. The molecule has 96 valence electrons. The fourth-order valence-corrected chi connectivity index (χ4v) is 2.53. The Balaban J connectivity index is 3.03. The van der Waals surface area contributed by atoms with E-state index in [2.05, 4.69) is 44.3 Å². The number of rotatable bonds is 6. The Morgan fingerprint density at radius 2 is 1.88 bits per heavy atom. The van der Waals surface area contributed by atoms with Gasteiger partial charge in [0.1, 0.15) is 5.75 Å². The largest absolute Gasteiger partial charge is 0.497 e. The quantitative estimate of drug-likeness (QED) is 0.811. The highest BCUT2D eigenvalue weighted by molar-refractivity contribution is 5.36. The van der Waals surface area contributed by atoms with Crippen molar-refractivity contribution in [2.45, 2.75) is 39.7 Å². The summed E-state index contributed by atoms with van der Waals surface area (Å²) in [7, 11) is 3.76.